The molecule has 6 nitrogen and oxygen atoms in total. The van der Waals surface area contributed by atoms with Crippen molar-refractivity contribution in [3.05, 3.63) is 65.2 Å². The van der Waals surface area contributed by atoms with Gasteiger partial charge in [-0.25, -0.2) is 17.9 Å². The molecule has 0 saturated carbocycles. The Kier molecular flexibility index (Phi) is 6.30. The second-order valence-corrected chi connectivity index (χ2v) is 7.31. The van der Waals surface area contributed by atoms with Gasteiger partial charge in [0.05, 0.1) is 17.1 Å². The molecule has 7 heteroatoms. The number of aryl methyl sites for hydroxylation is 1. The highest BCUT2D eigenvalue weighted by Gasteiger charge is 2.20. The Bertz CT molecular complexity index is 835. The van der Waals surface area contributed by atoms with Gasteiger partial charge in [0.2, 0.25) is 10.0 Å². The number of rotatable bonds is 7. The highest BCUT2D eigenvalue weighted by molar-refractivity contribution is 7.89. The Hall–Kier alpha value is -2.22. The number of nitrogens with two attached hydrogens (primary N) is 1. The van der Waals surface area contributed by atoms with Crippen LogP contribution >= 0.6 is 0 Å². The molecule has 0 fully saturated rings. The SMILES string of the molecule is CCOC(=O)c1ccc(C)c(S(=O)(=O)NCC(N)c2ccccc2)c1. The van der Waals surface area contributed by atoms with Crippen LogP contribution in [0.15, 0.2) is 53.4 Å². The average molecular weight is 362 g/mol. The van der Waals surface area contributed by atoms with E-state index in [9.17, 15) is 13.2 Å². The zero-order chi connectivity index (χ0) is 18.4. The van der Waals surface area contributed by atoms with Crippen molar-refractivity contribution in [1.29, 1.82) is 0 Å². The lowest BCUT2D eigenvalue weighted by Gasteiger charge is -2.15. The van der Waals surface area contributed by atoms with Gasteiger partial charge in [-0.2, -0.15) is 0 Å². The van der Waals surface area contributed by atoms with Gasteiger partial charge < -0.3 is 10.5 Å². The Morgan fingerprint density at radius 1 is 1.20 bits per heavy atom. The van der Waals surface area contributed by atoms with Crippen molar-refractivity contribution in [1.82, 2.24) is 4.72 Å². The molecule has 3 N–H and O–H groups in total. The molecule has 0 saturated heterocycles. The summed E-state index contributed by atoms with van der Waals surface area (Å²) < 4.78 is 32.6. The molecule has 2 rings (SSSR count). The van der Waals surface area contributed by atoms with Gasteiger partial charge in [0.25, 0.3) is 0 Å². The molecule has 0 heterocycles. The van der Waals surface area contributed by atoms with E-state index >= 15 is 0 Å². The topological polar surface area (TPSA) is 98.5 Å². The van der Waals surface area contributed by atoms with E-state index in [2.05, 4.69) is 4.72 Å². The van der Waals surface area contributed by atoms with Crippen LogP contribution < -0.4 is 10.5 Å². The van der Waals surface area contributed by atoms with Crippen LogP contribution in [0.1, 0.15) is 34.5 Å². The first-order chi connectivity index (χ1) is 11.8. The first kappa shape index (κ1) is 19.1. The Labute approximate surface area is 148 Å². The average Bonchev–Trinajstić information content (AvgIpc) is 2.61. The van der Waals surface area contributed by atoms with Crippen molar-refractivity contribution >= 4 is 16.0 Å². The summed E-state index contributed by atoms with van der Waals surface area (Å²) in [5, 5.41) is 0. The first-order valence-corrected chi connectivity index (χ1v) is 9.41. The number of hydrogen-bond donors (Lipinski definition) is 2. The molecule has 0 aliphatic rings. The molecule has 0 amide bonds. The van der Waals surface area contributed by atoms with Crippen molar-refractivity contribution in [3.63, 3.8) is 0 Å². The van der Waals surface area contributed by atoms with E-state index in [4.69, 9.17) is 10.5 Å². The van der Waals surface area contributed by atoms with Crippen LogP contribution in [-0.4, -0.2) is 27.5 Å². The van der Waals surface area contributed by atoms with Crippen molar-refractivity contribution in [3.8, 4) is 0 Å². The molecule has 0 radical (unpaired) electrons. The van der Waals surface area contributed by atoms with Gasteiger partial charge in [0.1, 0.15) is 0 Å². The molecule has 25 heavy (non-hydrogen) atoms. The Morgan fingerprint density at radius 3 is 2.52 bits per heavy atom. The molecule has 2 aromatic carbocycles. The smallest absolute Gasteiger partial charge is 0.338 e. The summed E-state index contributed by atoms with van der Waals surface area (Å²) in [4.78, 5) is 11.9. The summed E-state index contributed by atoms with van der Waals surface area (Å²) in [5.74, 6) is -0.556. The zero-order valence-electron chi connectivity index (χ0n) is 14.2. The number of esters is 1. The number of ether oxygens (including phenoxy) is 1. The van der Waals surface area contributed by atoms with Crippen LogP contribution in [0.5, 0.6) is 0 Å². The first-order valence-electron chi connectivity index (χ1n) is 7.93. The molecule has 0 aliphatic carbocycles. The molecule has 0 bridgehead atoms. The summed E-state index contributed by atoms with van der Waals surface area (Å²) in [6, 6.07) is 13.2. The van der Waals surface area contributed by atoms with Crippen molar-refractivity contribution in [2.24, 2.45) is 5.73 Å². The number of benzene rings is 2. The third-order valence-electron chi connectivity index (χ3n) is 3.71. The molecule has 1 atom stereocenters. The van der Waals surface area contributed by atoms with Crippen LogP contribution in [0, 0.1) is 6.92 Å². The van der Waals surface area contributed by atoms with Gasteiger partial charge in [-0.15, -0.1) is 0 Å². The third kappa shape index (κ3) is 4.88. The zero-order valence-corrected chi connectivity index (χ0v) is 15.0. The van der Waals surface area contributed by atoms with E-state index in [-0.39, 0.29) is 23.6 Å². The summed E-state index contributed by atoms with van der Waals surface area (Å²) >= 11 is 0. The van der Waals surface area contributed by atoms with Crippen molar-refractivity contribution in [2.45, 2.75) is 24.8 Å². The maximum atomic E-state index is 12.6. The lowest BCUT2D eigenvalue weighted by molar-refractivity contribution is 0.0526. The highest BCUT2D eigenvalue weighted by atomic mass is 32.2. The van der Waals surface area contributed by atoms with Crippen LogP contribution in [0.25, 0.3) is 0 Å². The second-order valence-electron chi connectivity index (χ2n) is 5.57. The maximum Gasteiger partial charge on any atom is 0.338 e. The Balaban J connectivity index is 2.18. The minimum Gasteiger partial charge on any atom is -0.462 e. The standard InChI is InChI=1S/C18H22N2O4S/c1-3-24-18(21)15-10-9-13(2)17(11-15)25(22,23)20-12-16(19)14-7-5-4-6-8-14/h4-11,16,20H,3,12,19H2,1-2H3. The van der Waals surface area contributed by atoms with Crippen molar-refractivity contribution in [2.75, 3.05) is 13.2 Å². The van der Waals surface area contributed by atoms with Crippen LogP contribution in [0.2, 0.25) is 0 Å². The number of nitrogens with one attached hydrogen (secondary N) is 1. The molecule has 1 unspecified atom stereocenters. The molecule has 134 valence electrons. The van der Waals surface area contributed by atoms with E-state index in [1.54, 1.807) is 26.0 Å². The maximum absolute atomic E-state index is 12.6. The van der Waals surface area contributed by atoms with E-state index in [0.29, 0.717) is 5.56 Å². The second kappa shape index (κ2) is 8.24. The summed E-state index contributed by atoms with van der Waals surface area (Å²) in [7, 11) is -3.80. The fraction of sp³-hybridized carbons (Fsp3) is 0.278. The van der Waals surface area contributed by atoms with Crippen molar-refractivity contribution < 1.29 is 17.9 Å². The predicted molar refractivity (Wildman–Crippen MR) is 95.7 cm³/mol. The minimum atomic E-state index is -3.80. The van der Waals surface area contributed by atoms with Gasteiger partial charge in [0, 0.05) is 12.6 Å². The quantitative estimate of drug-likeness (QED) is 0.736. The van der Waals surface area contributed by atoms with Crippen LogP contribution in [-0.2, 0) is 14.8 Å². The monoisotopic (exact) mass is 362 g/mol. The largest absolute Gasteiger partial charge is 0.462 e. The molecular formula is C18H22N2O4S. The summed E-state index contributed by atoms with van der Waals surface area (Å²) in [6.07, 6.45) is 0. The number of carbonyl (C=O) groups excluding carboxylic acids is 1. The molecular weight excluding hydrogens is 340 g/mol. The normalized spacial score (nSPS) is 12.6. The summed E-state index contributed by atoms with van der Waals surface area (Å²) in [5.41, 5.74) is 7.60. The molecule has 0 aromatic heterocycles. The number of sulfonamides is 1. The third-order valence-corrected chi connectivity index (χ3v) is 5.28. The highest BCUT2D eigenvalue weighted by Crippen LogP contribution is 2.18. The minimum absolute atomic E-state index is 0.0401. The van der Waals surface area contributed by atoms with E-state index in [1.165, 1.54) is 6.07 Å². The predicted octanol–water partition coefficient (Wildman–Crippen LogP) is 2.15. The van der Waals surface area contributed by atoms with Crippen LogP contribution in [0.4, 0.5) is 0 Å². The van der Waals surface area contributed by atoms with Gasteiger partial charge in [0.15, 0.2) is 0 Å². The molecule has 0 aliphatic heterocycles. The van der Waals surface area contributed by atoms with Gasteiger partial charge in [-0.3, -0.25) is 0 Å². The lowest BCUT2D eigenvalue weighted by atomic mass is 10.1. The lowest BCUT2D eigenvalue weighted by Crippen LogP contribution is -2.32. The number of carbonyl (C=O) groups is 1. The fourth-order valence-corrected chi connectivity index (χ4v) is 3.65. The van der Waals surface area contributed by atoms with Gasteiger partial charge in [-0.05, 0) is 37.1 Å². The Morgan fingerprint density at radius 2 is 1.88 bits per heavy atom. The van der Waals surface area contributed by atoms with Crippen LogP contribution in [0.3, 0.4) is 0 Å². The number of hydrogen-bond acceptors (Lipinski definition) is 5. The van der Waals surface area contributed by atoms with E-state index < -0.39 is 22.0 Å². The summed E-state index contributed by atoms with van der Waals surface area (Å²) in [6.45, 7) is 3.63. The van der Waals surface area contributed by atoms with Gasteiger partial charge in [-0.1, -0.05) is 36.4 Å². The van der Waals surface area contributed by atoms with E-state index in [1.807, 2.05) is 30.3 Å². The van der Waals surface area contributed by atoms with Gasteiger partial charge >= 0.3 is 5.97 Å². The van der Waals surface area contributed by atoms with E-state index in [0.717, 1.165) is 5.56 Å². The molecule has 0 spiro atoms. The fourth-order valence-electron chi connectivity index (χ4n) is 2.33. The molecule has 2 aromatic rings.